The van der Waals surface area contributed by atoms with Gasteiger partial charge in [-0.15, -0.1) is 0 Å². The third-order valence-corrected chi connectivity index (χ3v) is 5.64. The fraction of sp³-hybridized carbons (Fsp3) is 0.435. The van der Waals surface area contributed by atoms with E-state index in [1.807, 2.05) is 0 Å². The highest BCUT2D eigenvalue weighted by molar-refractivity contribution is 9.10. The summed E-state index contributed by atoms with van der Waals surface area (Å²) in [6, 6.07) is 5.11. The van der Waals surface area contributed by atoms with Crippen LogP contribution in [0.5, 0.6) is 5.75 Å². The van der Waals surface area contributed by atoms with Gasteiger partial charge >= 0.3 is 23.9 Å². The summed E-state index contributed by atoms with van der Waals surface area (Å²) < 4.78 is 34.5. The first-order chi connectivity index (χ1) is 16.9. The maximum atomic E-state index is 12.6. The van der Waals surface area contributed by atoms with E-state index < -0.39 is 54.6 Å². The van der Waals surface area contributed by atoms with E-state index in [0.29, 0.717) is 15.4 Å². The lowest BCUT2D eigenvalue weighted by Gasteiger charge is -2.43. The third kappa shape index (κ3) is 5.85. The van der Waals surface area contributed by atoms with Crippen LogP contribution in [0, 0.1) is 0 Å². The molecule has 3 rings (SSSR count). The molecule has 13 heteroatoms. The molecule has 1 aromatic carbocycles. The van der Waals surface area contributed by atoms with Crippen molar-refractivity contribution in [2.75, 3.05) is 7.11 Å². The van der Waals surface area contributed by atoms with Crippen LogP contribution >= 0.6 is 15.9 Å². The second kappa shape index (κ2) is 11.1. The van der Waals surface area contributed by atoms with Crippen molar-refractivity contribution >= 4 is 56.6 Å². The van der Waals surface area contributed by atoms with Crippen LogP contribution in [0.4, 0.5) is 0 Å². The number of methoxy groups -OCH3 is 1. The highest BCUT2D eigenvalue weighted by Gasteiger charge is 2.56. The van der Waals surface area contributed by atoms with Gasteiger partial charge in [0.15, 0.2) is 18.3 Å². The van der Waals surface area contributed by atoms with Crippen LogP contribution in [0.1, 0.15) is 32.5 Å². The van der Waals surface area contributed by atoms with Gasteiger partial charge in [0.2, 0.25) is 18.3 Å². The SMILES string of the molecule is COC(=O)C1O[C@@H](Oc2cn(C(C)=O)c3ccc(Br)cc23)[C@H](OC(C)=O)[C@H](OC(C)=O)[C@@H]1OC(C)=O. The molecular formula is C23H24BrNO11. The number of hydrogen-bond acceptors (Lipinski definition) is 11. The Balaban J connectivity index is 2.13. The van der Waals surface area contributed by atoms with E-state index in [0.717, 1.165) is 27.9 Å². The maximum Gasteiger partial charge on any atom is 0.339 e. The zero-order valence-electron chi connectivity index (χ0n) is 20.0. The van der Waals surface area contributed by atoms with Gasteiger partial charge in [0.25, 0.3) is 0 Å². The zero-order chi connectivity index (χ0) is 26.7. The van der Waals surface area contributed by atoms with Gasteiger partial charge in [0.05, 0.1) is 18.8 Å². The van der Waals surface area contributed by atoms with Crippen LogP contribution in [0.25, 0.3) is 10.9 Å². The molecule has 0 radical (unpaired) electrons. The van der Waals surface area contributed by atoms with Crippen molar-refractivity contribution < 1.29 is 52.4 Å². The molecule has 1 aliphatic rings. The molecule has 2 aromatic rings. The average molecular weight is 570 g/mol. The van der Waals surface area contributed by atoms with Gasteiger partial charge in [-0.1, -0.05) is 15.9 Å². The number of aromatic nitrogens is 1. The second-order valence-corrected chi connectivity index (χ2v) is 8.75. The molecule has 0 spiro atoms. The van der Waals surface area contributed by atoms with Crippen molar-refractivity contribution in [2.24, 2.45) is 0 Å². The van der Waals surface area contributed by atoms with E-state index in [4.69, 9.17) is 28.4 Å². The monoisotopic (exact) mass is 569 g/mol. The first kappa shape index (κ1) is 27.1. The largest absolute Gasteiger partial charge is 0.467 e. The van der Waals surface area contributed by atoms with Crippen molar-refractivity contribution in [1.29, 1.82) is 0 Å². The van der Waals surface area contributed by atoms with Gasteiger partial charge in [-0.25, -0.2) is 4.79 Å². The molecule has 0 amide bonds. The van der Waals surface area contributed by atoms with Gasteiger partial charge in [-0.2, -0.15) is 0 Å². The van der Waals surface area contributed by atoms with Gasteiger partial charge < -0.3 is 28.4 Å². The van der Waals surface area contributed by atoms with Gasteiger partial charge in [-0.05, 0) is 18.2 Å². The van der Waals surface area contributed by atoms with Crippen LogP contribution in [0.2, 0.25) is 0 Å². The predicted molar refractivity (Wildman–Crippen MR) is 124 cm³/mol. The first-order valence-corrected chi connectivity index (χ1v) is 11.4. The number of benzene rings is 1. The number of halogens is 1. The molecule has 194 valence electrons. The molecule has 0 N–H and O–H groups in total. The molecule has 1 aliphatic heterocycles. The Morgan fingerprint density at radius 2 is 1.47 bits per heavy atom. The van der Waals surface area contributed by atoms with Gasteiger partial charge in [0, 0.05) is 37.6 Å². The van der Waals surface area contributed by atoms with E-state index in [1.165, 1.54) is 17.7 Å². The Bertz CT molecular complexity index is 1210. The minimum absolute atomic E-state index is 0.139. The molecule has 1 aromatic heterocycles. The second-order valence-electron chi connectivity index (χ2n) is 7.83. The lowest BCUT2D eigenvalue weighted by molar-refractivity contribution is -0.282. The van der Waals surface area contributed by atoms with Gasteiger partial charge in [-0.3, -0.25) is 23.7 Å². The normalized spacial score (nSPS) is 23.4. The predicted octanol–water partition coefficient (Wildman–Crippen LogP) is 2.14. The van der Waals surface area contributed by atoms with Crippen molar-refractivity contribution in [3.8, 4) is 5.75 Å². The molecule has 1 saturated heterocycles. The number of hydrogen-bond donors (Lipinski definition) is 0. The lowest BCUT2D eigenvalue weighted by atomic mass is 9.97. The maximum absolute atomic E-state index is 12.6. The molecule has 36 heavy (non-hydrogen) atoms. The number of rotatable bonds is 6. The summed E-state index contributed by atoms with van der Waals surface area (Å²) in [5.41, 5.74) is 0.513. The smallest absolute Gasteiger partial charge is 0.339 e. The zero-order valence-corrected chi connectivity index (χ0v) is 21.6. The molecule has 0 aliphatic carbocycles. The summed E-state index contributed by atoms with van der Waals surface area (Å²) in [7, 11) is 1.09. The molecule has 1 unspecified atom stereocenters. The fourth-order valence-electron chi connectivity index (χ4n) is 3.83. The van der Waals surface area contributed by atoms with Crippen molar-refractivity contribution in [3.05, 3.63) is 28.9 Å². The van der Waals surface area contributed by atoms with E-state index >= 15 is 0 Å². The molecule has 5 atom stereocenters. The van der Waals surface area contributed by atoms with Crippen molar-refractivity contribution in [1.82, 2.24) is 4.57 Å². The minimum Gasteiger partial charge on any atom is -0.467 e. The fourth-order valence-corrected chi connectivity index (χ4v) is 4.19. The molecule has 2 heterocycles. The van der Waals surface area contributed by atoms with Crippen molar-refractivity contribution in [3.63, 3.8) is 0 Å². The Morgan fingerprint density at radius 3 is 2.03 bits per heavy atom. The third-order valence-electron chi connectivity index (χ3n) is 5.15. The highest BCUT2D eigenvalue weighted by atomic mass is 79.9. The Morgan fingerprint density at radius 1 is 0.889 bits per heavy atom. The Labute approximate surface area is 213 Å². The summed E-state index contributed by atoms with van der Waals surface area (Å²) in [4.78, 5) is 60.4. The van der Waals surface area contributed by atoms with E-state index in [2.05, 4.69) is 15.9 Å². The molecule has 0 saturated carbocycles. The van der Waals surface area contributed by atoms with Crippen LogP contribution < -0.4 is 4.74 Å². The van der Waals surface area contributed by atoms with E-state index in [1.54, 1.807) is 18.2 Å². The van der Waals surface area contributed by atoms with Crippen LogP contribution in [-0.2, 0) is 42.9 Å². The Hall–Kier alpha value is -3.45. The van der Waals surface area contributed by atoms with Crippen LogP contribution in [0.15, 0.2) is 28.9 Å². The summed E-state index contributed by atoms with van der Waals surface area (Å²) in [6.45, 7) is 4.63. The highest BCUT2D eigenvalue weighted by Crippen LogP contribution is 2.35. The summed E-state index contributed by atoms with van der Waals surface area (Å²) in [6.07, 6.45) is -6.23. The summed E-state index contributed by atoms with van der Waals surface area (Å²) >= 11 is 3.37. The number of ether oxygens (including phenoxy) is 6. The molecule has 1 fully saturated rings. The lowest BCUT2D eigenvalue weighted by Crippen LogP contribution is -2.64. The topological polar surface area (TPSA) is 146 Å². The molecular weight excluding hydrogens is 546 g/mol. The standard InChI is InChI=1S/C23H24BrNO11/c1-10(26)25-9-17(15-8-14(24)6-7-16(15)25)35-23-21(34-13(4)29)19(33-12(3)28)18(32-11(2)27)20(36-23)22(30)31-5/h6-9,18-21,23H,1-5H3/t18-,19+,20?,21+,23+/m0/s1. The molecule has 0 bridgehead atoms. The number of fused-ring (bicyclic) bond motifs is 1. The summed E-state index contributed by atoms with van der Waals surface area (Å²) in [5, 5.41) is 0.491. The average Bonchev–Trinajstić information content (AvgIpc) is 3.13. The van der Waals surface area contributed by atoms with E-state index in [9.17, 15) is 24.0 Å². The number of nitrogens with zero attached hydrogens (tertiary/aromatic N) is 1. The minimum atomic E-state index is -1.60. The van der Waals surface area contributed by atoms with Gasteiger partial charge in [0.1, 0.15) is 5.75 Å². The summed E-state index contributed by atoms with van der Waals surface area (Å²) in [5.74, 6) is -3.54. The number of carbonyl (C=O) groups is 5. The Kier molecular flexibility index (Phi) is 8.35. The number of carbonyl (C=O) groups excluding carboxylic acids is 5. The van der Waals surface area contributed by atoms with Crippen LogP contribution in [-0.4, -0.2) is 72.2 Å². The quantitative estimate of drug-likeness (QED) is 0.372. The van der Waals surface area contributed by atoms with E-state index in [-0.39, 0.29) is 11.7 Å². The first-order valence-electron chi connectivity index (χ1n) is 10.7. The van der Waals surface area contributed by atoms with Crippen LogP contribution in [0.3, 0.4) is 0 Å². The number of esters is 4. The molecule has 12 nitrogen and oxygen atoms in total. The van der Waals surface area contributed by atoms with Crippen molar-refractivity contribution in [2.45, 2.75) is 58.4 Å².